The standard InChI is InChI=1S/C14H23F3O3/c1-8(2)11(18)20-13(9(3)4,10(5)6)12(7,19)14(15,16)17/h9-10,19H,1H2,2-7H3. The first-order chi connectivity index (χ1) is 8.71. The quantitative estimate of drug-likeness (QED) is 0.624. The van der Waals surface area contributed by atoms with Crippen molar-refractivity contribution in [1.82, 2.24) is 0 Å². The van der Waals surface area contributed by atoms with Crippen LogP contribution in [0.2, 0.25) is 0 Å². The second-order valence-electron chi connectivity index (χ2n) is 5.84. The molecule has 0 heterocycles. The maximum Gasteiger partial charge on any atom is 0.420 e. The van der Waals surface area contributed by atoms with Crippen LogP contribution in [0.5, 0.6) is 0 Å². The highest BCUT2D eigenvalue weighted by Gasteiger charge is 2.67. The van der Waals surface area contributed by atoms with Crippen LogP contribution in [0.4, 0.5) is 13.2 Å². The lowest BCUT2D eigenvalue weighted by molar-refractivity contribution is -0.331. The number of esters is 1. The Morgan fingerprint density at radius 1 is 1.15 bits per heavy atom. The topological polar surface area (TPSA) is 46.5 Å². The Morgan fingerprint density at radius 3 is 1.70 bits per heavy atom. The molecule has 0 saturated carbocycles. The maximum atomic E-state index is 13.2. The summed E-state index contributed by atoms with van der Waals surface area (Å²) in [4.78, 5) is 11.7. The zero-order valence-corrected chi connectivity index (χ0v) is 12.8. The lowest BCUT2D eigenvalue weighted by Crippen LogP contribution is -2.68. The zero-order chi connectivity index (χ0) is 16.5. The summed E-state index contributed by atoms with van der Waals surface area (Å²) in [6.07, 6.45) is -4.93. The number of hydrogen-bond donors (Lipinski definition) is 1. The molecule has 1 atom stereocenters. The SMILES string of the molecule is C=C(C)C(=O)OC(C(C)C)(C(C)C)C(C)(O)C(F)(F)F. The van der Waals surface area contributed by atoms with Gasteiger partial charge in [0.1, 0.15) is 0 Å². The minimum Gasteiger partial charge on any atom is -0.452 e. The molecule has 20 heavy (non-hydrogen) atoms. The molecule has 6 heteroatoms. The van der Waals surface area contributed by atoms with Gasteiger partial charge in [-0.3, -0.25) is 0 Å². The molecule has 0 saturated heterocycles. The van der Waals surface area contributed by atoms with E-state index in [1.165, 1.54) is 34.6 Å². The zero-order valence-electron chi connectivity index (χ0n) is 12.8. The van der Waals surface area contributed by atoms with Crippen LogP contribution >= 0.6 is 0 Å². The van der Waals surface area contributed by atoms with Crippen LogP contribution < -0.4 is 0 Å². The number of hydrogen-bond acceptors (Lipinski definition) is 3. The molecule has 0 aliphatic heterocycles. The van der Waals surface area contributed by atoms with Gasteiger partial charge >= 0.3 is 12.1 Å². The summed E-state index contributed by atoms with van der Waals surface area (Å²) in [5, 5.41) is 10.1. The Morgan fingerprint density at radius 2 is 1.50 bits per heavy atom. The number of carbonyl (C=O) groups excluding carboxylic acids is 1. The molecule has 0 fully saturated rings. The van der Waals surface area contributed by atoms with Crippen molar-refractivity contribution in [2.24, 2.45) is 11.8 Å². The largest absolute Gasteiger partial charge is 0.452 e. The van der Waals surface area contributed by atoms with Crippen LogP contribution in [0.1, 0.15) is 41.5 Å². The number of halogens is 3. The van der Waals surface area contributed by atoms with Crippen molar-refractivity contribution in [3.8, 4) is 0 Å². The van der Waals surface area contributed by atoms with Crippen LogP contribution in [-0.2, 0) is 9.53 Å². The minimum atomic E-state index is -4.93. The van der Waals surface area contributed by atoms with Crippen molar-refractivity contribution in [3.05, 3.63) is 12.2 Å². The summed E-state index contributed by atoms with van der Waals surface area (Å²) in [5.74, 6) is -2.44. The van der Waals surface area contributed by atoms with E-state index < -0.39 is 35.2 Å². The first-order valence-corrected chi connectivity index (χ1v) is 6.39. The number of ether oxygens (including phenoxy) is 1. The summed E-state index contributed by atoms with van der Waals surface area (Å²) in [6.45, 7) is 11.3. The first kappa shape index (κ1) is 19.0. The highest BCUT2D eigenvalue weighted by molar-refractivity contribution is 5.87. The maximum absolute atomic E-state index is 13.2. The Bertz CT molecular complexity index is 374. The number of carbonyl (C=O) groups is 1. The first-order valence-electron chi connectivity index (χ1n) is 6.39. The second kappa shape index (κ2) is 5.76. The van der Waals surface area contributed by atoms with Gasteiger partial charge in [-0.05, 0) is 25.7 Å². The van der Waals surface area contributed by atoms with Gasteiger partial charge in [0.15, 0.2) is 11.2 Å². The molecule has 0 aliphatic rings. The van der Waals surface area contributed by atoms with Gasteiger partial charge in [-0.25, -0.2) is 4.79 Å². The van der Waals surface area contributed by atoms with Gasteiger partial charge in [-0.1, -0.05) is 34.3 Å². The van der Waals surface area contributed by atoms with Gasteiger partial charge in [0.05, 0.1) is 0 Å². The average Bonchev–Trinajstić information content (AvgIpc) is 2.21. The lowest BCUT2D eigenvalue weighted by atomic mass is 9.68. The summed E-state index contributed by atoms with van der Waals surface area (Å²) >= 11 is 0. The molecule has 0 aromatic carbocycles. The lowest BCUT2D eigenvalue weighted by Gasteiger charge is -2.50. The van der Waals surface area contributed by atoms with Gasteiger partial charge in [-0.15, -0.1) is 0 Å². The highest BCUT2D eigenvalue weighted by atomic mass is 19.4. The number of alkyl halides is 3. The van der Waals surface area contributed by atoms with Crippen LogP contribution in [0.15, 0.2) is 12.2 Å². The van der Waals surface area contributed by atoms with Crippen molar-refractivity contribution in [2.75, 3.05) is 0 Å². The minimum absolute atomic E-state index is 0.0198. The van der Waals surface area contributed by atoms with Crippen molar-refractivity contribution in [1.29, 1.82) is 0 Å². The van der Waals surface area contributed by atoms with E-state index in [0.717, 1.165) is 0 Å². The molecule has 1 N–H and O–H groups in total. The van der Waals surface area contributed by atoms with Crippen molar-refractivity contribution >= 4 is 5.97 Å². The Balaban J connectivity index is 6.06. The molecule has 118 valence electrons. The average molecular weight is 296 g/mol. The van der Waals surface area contributed by atoms with Crippen LogP contribution in [-0.4, -0.2) is 28.5 Å². The van der Waals surface area contributed by atoms with Gasteiger partial charge in [0.2, 0.25) is 0 Å². The molecule has 0 aromatic rings. The van der Waals surface area contributed by atoms with E-state index in [0.29, 0.717) is 6.92 Å². The van der Waals surface area contributed by atoms with Crippen LogP contribution in [0.25, 0.3) is 0 Å². The molecule has 0 spiro atoms. The molecule has 0 amide bonds. The van der Waals surface area contributed by atoms with E-state index in [2.05, 4.69) is 6.58 Å². The Labute approximate surface area is 117 Å². The molecular weight excluding hydrogens is 273 g/mol. The molecule has 0 radical (unpaired) electrons. The Hall–Kier alpha value is -1.04. The van der Waals surface area contributed by atoms with Gasteiger partial charge in [0.25, 0.3) is 0 Å². The third kappa shape index (κ3) is 3.00. The Kier molecular flexibility index (Phi) is 5.46. The molecule has 0 bridgehead atoms. The predicted octanol–water partition coefficient (Wildman–Crippen LogP) is 3.47. The van der Waals surface area contributed by atoms with E-state index in [4.69, 9.17) is 4.74 Å². The second-order valence-corrected chi connectivity index (χ2v) is 5.84. The molecule has 0 aliphatic carbocycles. The third-order valence-corrected chi connectivity index (χ3v) is 3.64. The van der Waals surface area contributed by atoms with Crippen molar-refractivity contribution in [2.45, 2.75) is 58.9 Å². The van der Waals surface area contributed by atoms with Gasteiger partial charge < -0.3 is 9.84 Å². The molecule has 0 rings (SSSR count). The van der Waals surface area contributed by atoms with Crippen molar-refractivity contribution < 1.29 is 27.8 Å². The molecule has 3 nitrogen and oxygen atoms in total. The van der Waals surface area contributed by atoms with Crippen molar-refractivity contribution in [3.63, 3.8) is 0 Å². The van der Waals surface area contributed by atoms with Crippen LogP contribution in [0.3, 0.4) is 0 Å². The summed E-state index contributed by atoms with van der Waals surface area (Å²) in [5.41, 5.74) is -5.29. The van der Waals surface area contributed by atoms with E-state index in [1.807, 2.05) is 0 Å². The molecular formula is C14H23F3O3. The predicted molar refractivity (Wildman–Crippen MR) is 70.0 cm³/mol. The smallest absolute Gasteiger partial charge is 0.420 e. The molecule has 1 unspecified atom stereocenters. The van der Waals surface area contributed by atoms with E-state index in [-0.39, 0.29) is 5.57 Å². The normalized spacial score (nSPS) is 16.2. The third-order valence-electron chi connectivity index (χ3n) is 3.64. The van der Waals surface area contributed by atoms with E-state index in [1.54, 1.807) is 0 Å². The van der Waals surface area contributed by atoms with Crippen LogP contribution in [0, 0.1) is 11.8 Å². The van der Waals surface area contributed by atoms with Gasteiger partial charge in [-0.2, -0.15) is 13.2 Å². The fourth-order valence-electron chi connectivity index (χ4n) is 2.59. The fraction of sp³-hybridized carbons (Fsp3) is 0.786. The summed E-state index contributed by atoms with van der Waals surface area (Å²) in [7, 11) is 0. The summed E-state index contributed by atoms with van der Waals surface area (Å²) in [6, 6.07) is 0. The highest BCUT2D eigenvalue weighted by Crippen LogP contribution is 2.48. The summed E-state index contributed by atoms with van der Waals surface area (Å²) < 4.78 is 44.8. The number of aliphatic hydroxyl groups is 1. The molecule has 0 aromatic heterocycles. The van der Waals surface area contributed by atoms with Gasteiger partial charge in [0, 0.05) is 5.57 Å². The monoisotopic (exact) mass is 296 g/mol. The van der Waals surface area contributed by atoms with E-state index >= 15 is 0 Å². The van der Waals surface area contributed by atoms with E-state index in [9.17, 15) is 23.1 Å². The fourth-order valence-corrected chi connectivity index (χ4v) is 2.59. The number of rotatable bonds is 5.